The Bertz CT molecular complexity index is 666. The number of nitrogens with zero attached hydrogens (tertiary/aromatic N) is 3. The summed E-state index contributed by atoms with van der Waals surface area (Å²) in [5.41, 5.74) is 2.41. The molecular formula is C14H16N4O2S. The fraction of sp³-hybridized carbons (Fsp3) is 0.286. The van der Waals surface area contributed by atoms with Crippen LogP contribution >= 0.6 is 11.5 Å². The van der Waals surface area contributed by atoms with Gasteiger partial charge < -0.3 is 10.5 Å². The second kappa shape index (κ2) is 6.94. The van der Waals surface area contributed by atoms with Gasteiger partial charge in [-0.05, 0) is 30.9 Å². The summed E-state index contributed by atoms with van der Waals surface area (Å²) in [6.45, 7) is 3.69. The molecule has 0 atom stereocenters. The van der Waals surface area contributed by atoms with Crippen molar-refractivity contribution in [3.05, 3.63) is 40.4 Å². The second-order valence-electron chi connectivity index (χ2n) is 4.48. The van der Waals surface area contributed by atoms with Crippen LogP contribution in [0.15, 0.2) is 29.4 Å². The predicted molar refractivity (Wildman–Crippen MR) is 82.3 cm³/mol. The van der Waals surface area contributed by atoms with Crippen LogP contribution in [0.2, 0.25) is 0 Å². The Kier molecular flexibility index (Phi) is 4.99. The van der Waals surface area contributed by atoms with Gasteiger partial charge in [0.05, 0.1) is 17.1 Å². The molecule has 0 saturated heterocycles. The molecule has 6 nitrogen and oxygen atoms in total. The molecule has 0 spiro atoms. The zero-order valence-corrected chi connectivity index (χ0v) is 12.6. The zero-order valence-electron chi connectivity index (χ0n) is 11.8. The fourth-order valence-electron chi connectivity index (χ4n) is 1.92. The molecule has 0 aliphatic carbocycles. The molecule has 0 aliphatic heterocycles. The topological polar surface area (TPSA) is 87.5 Å². The number of anilines is 1. The van der Waals surface area contributed by atoms with E-state index < -0.39 is 0 Å². The molecule has 0 radical (unpaired) electrons. The van der Waals surface area contributed by atoms with Crippen molar-refractivity contribution in [3.63, 3.8) is 0 Å². The van der Waals surface area contributed by atoms with Gasteiger partial charge in [0.15, 0.2) is 0 Å². The largest absolute Gasteiger partial charge is 0.411 e. The Hall–Kier alpha value is -2.28. The summed E-state index contributed by atoms with van der Waals surface area (Å²) in [7, 11) is 0. The van der Waals surface area contributed by atoms with Crippen LogP contribution in [0.1, 0.15) is 41.2 Å². The number of aryl methyl sites for hydroxylation is 1. The van der Waals surface area contributed by atoms with Crippen molar-refractivity contribution in [2.75, 3.05) is 5.32 Å². The van der Waals surface area contributed by atoms with Gasteiger partial charge in [-0.25, -0.2) is 0 Å². The summed E-state index contributed by atoms with van der Waals surface area (Å²) in [5, 5.41) is 18.9. The molecule has 1 heterocycles. The lowest BCUT2D eigenvalue weighted by Crippen LogP contribution is -2.15. The third-order valence-corrected chi connectivity index (χ3v) is 3.73. The molecular weight excluding hydrogens is 288 g/mol. The number of hydrogen-bond acceptors (Lipinski definition) is 6. The lowest BCUT2D eigenvalue weighted by molar-refractivity contribution is 0.102. The first-order valence-electron chi connectivity index (χ1n) is 6.58. The van der Waals surface area contributed by atoms with Crippen LogP contribution in [-0.4, -0.2) is 26.4 Å². The molecule has 2 aromatic rings. The van der Waals surface area contributed by atoms with E-state index in [1.165, 1.54) is 0 Å². The maximum Gasteiger partial charge on any atom is 0.269 e. The van der Waals surface area contributed by atoms with E-state index in [1.54, 1.807) is 19.1 Å². The fourth-order valence-corrected chi connectivity index (χ4v) is 2.53. The summed E-state index contributed by atoms with van der Waals surface area (Å²) < 4.78 is 3.84. The molecule has 2 N–H and O–H groups in total. The number of hydrogen-bond donors (Lipinski definition) is 2. The molecule has 1 aromatic carbocycles. The van der Waals surface area contributed by atoms with Gasteiger partial charge in [-0.1, -0.05) is 41.2 Å². The molecule has 1 aromatic heterocycles. The number of carbonyl (C=O) groups is 1. The number of carbonyl (C=O) groups excluding carboxylic acids is 1. The Balaban J connectivity index is 2.26. The highest BCUT2D eigenvalue weighted by molar-refractivity contribution is 7.08. The molecule has 21 heavy (non-hydrogen) atoms. The van der Waals surface area contributed by atoms with Gasteiger partial charge in [0.1, 0.15) is 4.88 Å². The monoisotopic (exact) mass is 304 g/mol. The van der Waals surface area contributed by atoms with E-state index in [2.05, 4.69) is 20.1 Å². The SMILES string of the molecule is CCCc1nnsc1C(=O)Nc1ccccc1C(C)=NO. The third kappa shape index (κ3) is 3.43. The lowest BCUT2D eigenvalue weighted by atomic mass is 10.1. The summed E-state index contributed by atoms with van der Waals surface area (Å²) in [5.74, 6) is -0.244. The molecule has 2 rings (SSSR count). The molecule has 1 amide bonds. The van der Waals surface area contributed by atoms with Crippen LogP contribution in [0.5, 0.6) is 0 Å². The summed E-state index contributed by atoms with van der Waals surface area (Å²) >= 11 is 1.08. The van der Waals surface area contributed by atoms with E-state index in [0.717, 1.165) is 24.4 Å². The first-order valence-corrected chi connectivity index (χ1v) is 7.35. The van der Waals surface area contributed by atoms with E-state index in [1.807, 2.05) is 19.1 Å². The standard InChI is InChI=1S/C14H16N4O2S/c1-3-6-12-13(21-18-16-12)14(19)15-11-8-5-4-7-10(11)9(2)17-20/h4-5,7-8,20H,3,6H2,1-2H3,(H,15,19). The van der Waals surface area contributed by atoms with Gasteiger partial charge in [-0.3, -0.25) is 4.79 Å². The molecule has 0 saturated carbocycles. The normalized spacial score (nSPS) is 11.4. The van der Waals surface area contributed by atoms with Crippen LogP contribution in [0.4, 0.5) is 5.69 Å². The van der Waals surface area contributed by atoms with Crippen LogP contribution in [0, 0.1) is 0 Å². The van der Waals surface area contributed by atoms with E-state index >= 15 is 0 Å². The number of nitrogens with one attached hydrogen (secondary N) is 1. The van der Waals surface area contributed by atoms with E-state index in [4.69, 9.17) is 5.21 Å². The van der Waals surface area contributed by atoms with Crippen molar-refractivity contribution < 1.29 is 10.0 Å². The number of aromatic nitrogens is 2. The quantitative estimate of drug-likeness (QED) is 0.505. The highest BCUT2D eigenvalue weighted by Gasteiger charge is 2.17. The molecule has 0 unspecified atom stereocenters. The van der Waals surface area contributed by atoms with Gasteiger partial charge in [-0.2, -0.15) is 0 Å². The summed E-state index contributed by atoms with van der Waals surface area (Å²) in [6, 6.07) is 7.16. The number of para-hydroxylation sites is 1. The number of rotatable bonds is 5. The summed E-state index contributed by atoms with van der Waals surface area (Å²) in [6.07, 6.45) is 1.62. The minimum absolute atomic E-state index is 0.244. The van der Waals surface area contributed by atoms with Crippen LogP contribution in [-0.2, 0) is 6.42 Å². The molecule has 110 valence electrons. The maximum absolute atomic E-state index is 12.4. The average molecular weight is 304 g/mol. The van der Waals surface area contributed by atoms with Gasteiger partial charge >= 0.3 is 0 Å². The number of amides is 1. The van der Waals surface area contributed by atoms with Gasteiger partial charge in [0.2, 0.25) is 0 Å². The first-order chi connectivity index (χ1) is 10.2. The van der Waals surface area contributed by atoms with Crippen molar-refractivity contribution in [2.24, 2.45) is 5.16 Å². The zero-order chi connectivity index (χ0) is 15.2. The summed E-state index contributed by atoms with van der Waals surface area (Å²) in [4.78, 5) is 12.9. The van der Waals surface area contributed by atoms with E-state index in [9.17, 15) is 4.79 Å². The molecule has 0 fully saturated rings. The minimum atomic E-state index is -0.244. The Morgan fingerprint density at radius 3 is 2.90 bits per heavy atom. The van der Waals surface area contributed by atoms with E-state index in [-0.39, 0.29) is 5.91 Å². The maximum atomic E-state index is 12.4. The number of benzene rings is 1. The Morgan fingerprint density at radius 1 is 1.43 bits per heavy atom. The Labute approximate surface area is 126 Å². The van der Waals surface area contributed by atoms with Crippen LogP contribution in [0.3, 0.4) is 0 Å². The Morgan fingerprint density at radius 2 is 2.19 bits per heavy atom. The van der Waals surface area contributed by atoms with Crippen LogP contribution < -0.4 is 5.32 Å². The molecule has 7 heteroatoms. The van der Waals surface area contributed by atoms with Crippen molar-refractivity contribution in [1.82, 2.24) is 9.59 Å². The van der Waals surface area contributed by atoms with Crippen molar-refractivity contribution in [1.29, 1.82) is 0 Å². The lowest BCUT2D eigenvalue weighted by Gasteiger charge is -2.09. The van der Waals surface area contributed by atoms with Gasteiger partial charge in [0, 0.05) is 5.56 Å². The van der Waals surface area contributed by atoms with Crippen molar-refractivity contribution in [2.45, 2.75) is 26.7 Å². The van der Waals surface area contributed by atoms with Crippen LogP contribution in [0.25, 0.3) is 0 Å². The van der Waals surface area contributed by atoms with E-state index in [0.29, 0.717) is 27.5 Å². The van der Waals surface area contributed by atoms with Gasteiger partial charge in [0.25, 0.3) is 5.91 Å². The van der Waals surface area contributed by atoms with Crippen molar-refractivity contribution in [3.8, 4) is 0 Å². The number of oxime groups is 1. The minimum Gasteiger partial charge on any atom is -0.411 e. The smallest absolute Gasteiger partial charge is 0.269 e. The highest BCUT2D eigenvalue weighted by Crippen LogP contribution is 2.19. The van der Waals surface area contributed by atoms with Crippen molar-refractivity contribution >= 4 is 28.8 Å². The molecule has 0 bridgehead atoms. The molecule has 0 aliphatic rings. The highest BCUT2D eigenvalue weighted by atomic mass is 32.1. The second-order valence-corrected chi connectivity index (χ2v) is 5.24. The predicted octanol–water partition coefficient (Wildman–Crippen LogP) is 2.94. The average Bonchev–Trinajstić information content (AvgIpc) is 2.96. The van der Waals surface area contributed by atoms with Gasteiger partial charge in [-0.15, -0.1) is 5.10 Å². The first kappa shape index (κ1) is 15.1. The third-order valence-electron chi connectivity index (χ3n) is 2.96.